The molecule has 0 saturated heterocycles. The predicted molar refractivity (Wildman–Crippen MR) is 137 cm³/mol. The van der Waals surface area contributed by atoms with Gasteiger partial charge < -0.3 is 14.6 Å². The lowest BCUT2D eigenvalue weighted by Crippen LogP contribution is -2.49. The van der Waals surface area contributed by atoms with E-state index in [1.54, 1.807) is 19.1 Å². The monoisotopic (exact) mass is 572 g/mol. The number of aryl methyl sites for hydroxylation is 1. The van der Waals surface area contributed by atoms with E-state index in [0.717, 1.165) is 17.6 Å². The number of aliphatic hydroxyl groups is 1. The molecule has 11 heteroatoms. The quantitative estimate of drug-likeness (QED) is 0.216. The van der Waals surface area contributed by atoms with Gasteiger partial charge in [0, 0.05) is 22.3 Å². The number of carbonyl (C=O) groups is 3. The first-order valence-corrected chi connectivity index (χ1v) is 12.8. The second-order valence-corrected chi connectivity index (χ2v) is 10.3. The van der Waals surface area contributed by atoms with Gasteiger partial charge in [-0.3, -0.25) is 4.79 Å². The summed E-state index contributed by atoms with van der Waals surface area (Å²) in [7, 11) is 2.39. The van der Waals surface area contributed by atoms with Gasteiger partial charge in [0.25, 0.3) is 0 Å². The van der Waals surface area contributed by atoms with Gasteiger partial charge in [-0.25, -0.2) is 9.59 Å². The molecule has 0 spiro atoms. The number of thiophene rings is 1. The minimum absolute atomic E-state index is 0.194. The number of benzene rings is 1. The molecule has 1 aromatic carbocycles. The van der Waals surface area contributed by atoms with Crippen molar-refractivity contribution >= 4 is 40.1 Å². The Morgan fingerprint density at radius 3 is 2.32 bits per heavy atom. The lowest BCUT2D eigenvalue weighted by atomic mass is 9.80. The van der Waals surface area contributed by atoms with Crippen LogP contribution in [0.15, 0.2) is 42.5 Å². The number of methoxy groups -OCH3 is 2. The summed E-state index contributed by atoms with van der Waals surface area (Å²) in [6.45, 7) is 1.73. The molecule has 0 unspecified atom stereocenters. The van der Waals surface area contributed by atoms with Gasteiger partial charge in [-0.2, -0.15) is 13.2 Å². The molecule has 0 bridgehead atoms. The number of ether oxygens (including phenoxy) is 2. The molecule has 0 radical (unpaired) electrons. The normalized spacial score (nSPS) is 22.4. The predicted octanol–water partition coefficient (Wildman–Crippen LogP) is 5.40. The van der Waals surface area contributed by atoms with Crippen molar-refractivity contribution in [3.05, 3.63) is 57.8 Å². The first kappa shape index (κ1) is 31.3. The van der Waals surface area contributed by atoms with Crippen molar-refractivity contribution in [3.8, 4) is 11.8 Å². The zero-order valence-corrected chi connectivity index (χ0v) is 22.6. The van der Waals surface area contributed by atoms with E-state index in [2.05, 4.69) is 32.9 Å². The number of halogens is 4. The number of hydrogen-bond acceptors (Lipinski definition) is 7. The SMILES string of the molecule is COC(=O)C(=O)Cl.COC(=O)c1ccc(CCC[C@@H]2[C@@H](C#Cc3ccccc3)[C@H](C)C[C@@]2(O)C(F)(F)F)s1. The summed E-state index contributed by atoms with van der Waals surface area (Å²) in [5, 5.41) is 9.59. The summed E-state index contributed by atoms with van der Waals surface area (Å²) in [6, 6.07) is 12.6. The number of hydrogen-bond donors (Lipinski definition) is 1. The molecule has 1 aliphatic carbocycles. The van der Waals surface area contributed by atoms with Crippen molar-refractivity contribution in [2.75, 3.05) is 14.2 Å². The smallest absolute Gasteiger partial charge is 0.417 e. The molecule has 1 aromatic heterocycles. The van der Waals surface area contributed by atoms with E-state index in [4.69, 9.17) is 0 Å². The van der Waals surface area contributed by atoms with Crippen molar-refractivity contribution < 1.29 is 42.1 Å². The Bertz CT molecular complexity index is 1170. The van der Waals surface area contributed by atoms with Crippen LogP contribution in [0.3, 0.4) is 0 Å². The fraction of sp³-hybridized carbons (Fsp3) is 0.444. The van der Waals surface area contributed by atoms with Crippen molar-refractivity contribution in [2.24, 2.45) is 17.8 Å². The molecule has 1 saturated carbocycles. The summed E-state index contributed by atoms with van der Waals surface area (Å²) >= 11 is 5.89. The third kappa shape index (κ3) is 8.06. The first-order chi connectivity index (χ1) is 17.8. The molecule has 38 heavy (non-hydrogen) atoms. The molecule has 1 N–H and O–H groups in total. The van der Waals surface area contributed by atoms with E-state index in [9.17, 15) is 32.7 Å². The molecule has 4 atom stereocenters. The van der Waals surface area contributed by atoms with Gasteiger partial charge in [0.05, 0.1) is 14.2 Å². The van der Waals surface area contributed by atoms with Crippen LogP contribution >= 0.6 is 22.9 Å². The van der Waals surface area contributed by atoms with Crippen LogP contribution in [0.2, 0.25) is 0 Å². The van der Waals surface area contributed by atoms with Gasteiger partial charge >= 0.3 is 23.4 Å². The van der Waals surface area contributed by atoms with Crippen LogP contribution in [0.25, 0.3) is 0 Å². The van der Waals surface area contributed by atoms with Crippen LogP contribution < -0.4 is 0 Å². The van der Waals surface area contributed by atoms with Gasteiger partial charge in [-0.1, -0.05) is 37.0 Å². The van der Waals surface area contributed by atoms with Gasteiger partial charge in [0.15, 0.2) is 5.60 Å². The topological polar surface area (TPSA) is 89.9 Å². The maximum atomic E-state index is 13.8. The van der Waals surface area contributed by atoms with Crippen LogP contribution in [0, 0.1) is 29.6 Å². The van der Waals surface area contributed by atoms with Crippen molar-refractivity contribution in [1.82, 2.24) is 0 Å². The zero-order valence-electron chi connectivity index (χ0n) is 21.0. The second-order valence-electron chi connectivity index (χ2n) is 8.79. The molecule has 0 amide bonds. The van der Waals surface area contributed by atoms with E-state index in [0.29, 0.717) is 17.7 Å². The summed E-state index contributed by atoms with van der Waals surface area (Å²) in [5.74, 6) is 2.64. The number of esters is 2. The zero-order chi connectivity index (χ0) is 28.5. The Kier molecular flexibility index (Phi) is 11.4. The van der Waals surface area contributed by atoms with Crippen molar-refractivity contribution in [3.63, 3.8) is 0 Å². The third-order valence-corrected chi connectivity index (χ3v) is 7.55. The maximum absolute atomic E-state index is 13.8. The minimum Gasteiger partial charge on any atom is -0.465 e. The minimum atomic E-state index is -4.71. The Morgan fingerprint density at radius 1 is 1.13 bits per heavy atom. The highest BCUT2D eigenvalue weighted by Crippen LogP contribution is 2.53. The molecule has 1 aliphatic rings. The van der Waals surface area contributed by atoms with Gasteiger partial charge in [0.2, 0.25) is 0 Å². The molecule has 3 rings (SSSR count). The van der Waals surface area contributed by atoms with Crippen molar-refractivity contribution in [2.45, 2.75) is 44.4 Å². The van der Waals surface area contributed by atoms with E-state index in [-0.39, 0.29) is 18.8 Å². The fourth-order valence-corrected chi connectivity index (χ4v) is 5.48. The van der Waals surface area contributed by atoms with Crippen LogP contribution in [-0.4, -0.2) is 48.3 Å². The Labute approximate surface area is 228 Å². The van der Waals surface area contributed by atoms with Crippen LogP contribution in [0.1, 0.15) is 46.3 Å². The first-order valence-electron chi connectivity index (χ1n) is 11.6. The highest BCUT2D eigenvalue weighted by Gasteiger charge is 2.64. The Morgan fingerprint density at radius 2 is 1.79 bits per heavy atom. The standard InChI is InChI=1S/C24H25F3O3S.C3H3ClO3/c1-16-15-23(29,24(25,26)27)20(19(16)13-11-17-7-4-3-5-8-17)10-6-9-18-12-14-21(31-18)22(28)30-2;1-7-3(6)2(4)5/h3-5,7-8,12,14,16,19-20,29H,6,9-10,15H2,1-2H3;1H3/t16-,19+,20-,23+;/m1./s1. The summed E-state index contributed by atoms with van der Waals surface area (Å²) in [5.41, 5.74) is -2.00. The maximum Gasteiger partial charge on any atom is 0.417 e. The van der Waals surface area contributed by atoms with E-state index in [1.807, 2.05) is 30.3 Å². The molecular formula is C27H28ClF3O6S. The number of alkyl halides is 3. The van der Waals surface area contributed by atoms with Gasteiger partial charge in [-0.15, -0.1) is 11.3 Å². The van der Waals surface area contributed by atoms with Crippen LogP contribution in [0.5, 0.6) is 0 Å². The molecular weight excluding hydrogens is 545 g/mol. The van der Waals surface area contributed by atoms with Crippen LogP contribution in [-0.2, 0) is 25.5 Å². The molecule has 2 aromatic rings. The van der Waals surface area contributed by atoms with Crippen molar-refractivity contribution in [1.29, 1.82) is 0 Å². The molecule has 206 valence electrons. The lowest BCUT2D eigenvalue weighted by Gasteiger charge is -2.33. The largest absolute Gasteiger partial charge is 0.465 e. The van der Waals surface area contributed by atoms with E-state index in [1.165, 1.54) is 18.4 Å². The third-order valence-electron chi connectivity index (χ3n) is 6.27. The average molecular weight is 573 g/mol. The lowest BCUT2D eigenvalue weighted by molar-refractivity contribution is -0.275. The summed E-state index contributed by atoms with van der Waals surface area (Å²) in [6.07, 6.45) is -3.88. The number of rotatable bonds is 6. The highest BCUT2D eigenvalue weighted by atomic mass is 35.5. The van der Waals surface area contributed by atoms with E-state index >= 15 is 0 Å². The second kappa shape index (κ2) is 13.8. The van der Waals surface area contributed by atoms with E-state index < -0.39 is 40.8 Å². The Balaban J connectivity index is 0.000000638. The molecule has 6 nitrogen and oxygen atoms in total. The van der Waals surface area contributed by atoms with Gasteiger partial charge in [-0.05, 0) is 67.5 Å². The average Bonchev–Trinajstić information content (AvgIpc) is 3.45. The highest BCUT2D eigenvalue weighted by molar-refractivity contribution is 7.13. The summed E-state index contributed by atoms with van der Waals surface area (Å²) < 4.78 is 50.1. The molecule has 0 aliphatic heterocycles. The molecule has 1 heterocycles. The summed E-state index contributed by atoms with van der Waals surface area (Å²) in [4.78, 5) is 32.4. The molecule has 1 fully saturated rings. The van der Waals surface area contributed by atoms with Gasteiger partial charge in [0.1, 0.15) is 4.88 Å². The van der Waals surface area contributed by atoms with Crippen LogP contribution in [0.4, 0.5) is 13.2 Å². The Hall–Kier alpha value is -2.87. The number of carbonyl (C=O) groups excluding carboxylic acids is 3. The fourth-order valence-electron chi connectivity index (χ4n) is 4.44.